The summed E-state index contributed by atoms with van der Waals surface area (Å²) < 4.78 is 21.1. The molecule has 33 heavy (non-hydrogen) atoms. The molecule has 6 rings (SSSR count). The van der Waals surface area contributed by atoms with E-state index in [4.69, 9.17) is 19.1 Å². The van der Waals surface area contributed by atoms with E-state index in [0.717, 1.165) is 59.9 Å². The molecular formula is C24H26N6O3. The van der Waals surface area contributed by atoms with E-state index in [0.29, 0.717) is 23.8 Å². The number of rotatable bonds is 5. The number of nitrogens with zero attached hydrogens (tertiary/aromatic N) is 6. The van der Waals surface area contributed by atoms with Crippen LogP contribution in [0.25, 0.3) is 28.5 Å². The lowest BCUT2D eigenvalue weighted by Gasteiger charge is -2.12. The lowest BCUT2D eigenvalue weighted by atomic mass is 10.0. The molecule has 170 valence electrons. The van der Waals surface area contributed by atoms with Crippen LogP contribution < -0.4 is 4.74 Å². The van der Waals surface area contributed by atoms with Crippen molar-refractivity contribution >= 4 is 0 Å². The number of methoxy groups -OCH3 is 1. The second-order valence-electron chi connectivity index (χ2n) is 8.94. The van der Waals surface area contributed by atoms with Gasteiger partial charge in [-0.1, -0.05) is 19.0 Å². The van der Waals surface area contributed by atoms with Gasteiger partial charge in [-0.15, -0.1) is 0 Å². The van der Waals surface area contributed by atoms with Crippen LogP contribution in [0.15, 0.2) is 35.2 Å². The summed E-state index contributed by atoms with van der Waals surface area (Å²) in [6, 6.07) is 6.04. The molecule has 0 saturated carbocycles. The van der Waals surface area contributed by atoms with Crippen LogP contribution >= 0.6 is 0 Å². The molecular weight excluding hydrogens is 420 g/mol. The molecule has 9 heteroatoms. The van der Waals surface area contributed by atoms with E-state index in [1.807, 2.05) is 43.1 Å². The van der Waals surface area contributed by atoms with Crippen LogP contribution in [-0.4, -0.2) is 49.3 Å². The van der Waals surface area contributed by atoms with Crippen LogP contribution in [-0.2, 0) is 17.7 Å². The number of fused-ring (bicyclic) bond motifs is 5. The van der Waals surface area contributed by atoms with E-state index < -0.39 is 0 Å². The molecule has 1 saturated heterocycles. The molecule has 5 heterocycles. The standard InChI is InChI=1S/C24H26N6O3/c1-14(2)23-26-24(33-28-23)22-20-9-15-11-29(12-17-5-4-8-32-17)27-21(15)18-10-16(31-3)6-7-19(18)30(20)13-25-22/h6-7,10-11,13-14,17H,4-5,8-9,12H2,1-3H3. The lowest BCUT2D eigenvalue weighted by Crippen LogP contribution is -2.15. The van der Waals surface area contributed by atoms with Gasteiger partial charge in [0.2, 0.25) is 0 Å². The zero-order valence-corrected chi connectivity index (χ0v) is 19.0. The van der Waals surface area contributed by atoms with Crippen LogP contribution in [0.1, 0.15) is 49.7 Å². The van der Waals surface area contributed by atoms with Gasteiger partial charge in [0, 0.05) is 36.3 Å². The summed E-state index contributed by atoms with van der Waals surface area (Å²) >= 11 is 0. The van der Waals surface area contributed by atoms with Gasteiger partial charge in [-0.2, -0.15) is 10.1 Å². The number of benzene rings is 1. The third-order valence-corrected chi connectivity index (χ3v) is 6.36. The Hall–Kier alpha value is -3.46. The molecule has 2 aliphatic rings. The Morgan fingerprint density at radius 1 is 1.24 bits per heavy atom. The SMILES string of the molecule is COc1ccc2c(c1)-c1nn(CC3CCCO3)cc1Cc1c(-c3nc(C(C)C)no3)ncn1-2. The van der Waals surface area contributed by atoms with Crippen molar-refractivity contribution in [2.45, 2.75) is 51.7 Å². The highest BCUT2D eigenvalue weighted by molar-refractivity contribution is 5.77. The van der Waals surface area contributed by atoms with Crippen molar-refractivity contribution in [3.63, 3.8) is 0 Å². The maximum Gasteiger partial charge on any atom is 0.278 e. The van der Waals surface area contributed by atoms with Gasteiger partial charge < -0.3 is 18.6 Å². The van der Waals surface area contributed by atoms with Crippen molar-refractivity contribution in [2.24, 2.45) is 0 Å². The first-order valence-corrected chi connectivity index (χ1v) is 11.4. The van der Waals surface area contributed by atoms with Crippen molar-refractivity contribution in [2.75, 3.05) is 13.7 Å². The van der Waals surface area contributed by atoms with Gasteiger partial charge >= 0.3 is 0 Å². The molecule has 1 unspecified atom stereocenters. The third-order valence-electron chi connectivity index (χ3n) is 6.36. The van der Waals surface area contributed by atoms with Crippen LogP contribution in [0.4, 0.5) is 0 Å². The number of hydrogen-bond acceptors (Lipinski definition) is 7. The molecule has 1 aromatic carbocycles. The third kappa shape index (κ3) is 3.43. The fourth-order valence-electron chi connectivity index (χ4n) is 4.63. The summed E-state index contributed by atoms with van der Waals surface area (Å²) in [5, 5.41) is 9.11. The summed E-state index contributed by atoms with van der Waals surface area (Å²) in [5.74, 6) is 2.09. The fourth-order valence-corrected chi connectivity index (χ4v) is 4.63. The Morgan fingerprint density at radius 3 is 2.91 bits per heavy atom. The smallest absolute Gasteiger partial charge is 0.278 e. The van der Waals surface area contributed by atoms with Crippen LogP contribution in [0.2, 0.25) is 0 Å². The number of hydrogen-bond donors (Lipinski definition) is 0. The first-order valence-electron chi connectivity index (χ1n) is 11.4. The molecule has 0 N–H and O–H groups in total. The van der Waals surface area contributed by atoms with Crippen LogP contribution in [0, 0.1) is 0 Å². The molecule has 1 atom stereocenters. The van der Waals surface area contributed by atoms with Crippen molar-refractivity contribution in [1.82, 2.24) is 29.5 Å². The van der Waals surface area contributed by atoms with Crippen molar-refractivity contribution in [3.8, 4) is 34.3 Å². The molecule has 9 nitrogen and oxygen atoms in total. The Balaban J connectivity index is 1.48. The quantitative estimate of drug-likeness (QED) is 0.403. The van der Waals surface area contributed by atoms with Gasteiger partial charge in [0.05, 0.1) is 36.8 Å². The van der Waals surface area contributed by atoms with Gasteiger partial charge in [0.25, 0.3) is 5.89 Å². The highest BCUT2D eigenvalue weighted by Crippen LogP contribution is 2.39. The Labute approximate surface area is 191 Å². The average Bonchev–Trinajstić information content (AvgIpc) is 3.60. The molecule has 2 aliphatic heterocycles. The largest absolute Gasteiger partial charge is 0.497 e. The van der Waals surface area contributed by atoms with Crippen molar-refractivity contribution in [1.29, 1.82) is 0 Å². The van der Waals surface area contributed by atoms with Crippen molar-refractivity contribution in [3.05, 3.63) is 47.8 Å². The predicted molar refractivity (Wildman–Crippen MR) is 120 cm³/mol. The number of imidazole rings is 1. The van der Waals surface area contributed by atoms with Gasteiger partial charge in [-0.3, -0.25) is 4.68 Å². The second kappa shape index (κ2) is 7.84. The average molecular weight is 447 g/mol. The molecule has 0 bridgehead atoms. The van der Waals surface area contributed by atoms with Gasteiger partial charge in [-0.05, 0) is 31.0 Å². The monoisotopic (exact) mass is 446 g/mol. The molecule has 0 aliphatic carbocycles. The van der Waals surface area contributed by atoms with Crippen LogP contribution in [0.5, 0.6) is 5.75 Å². The molecule has 0 amide bonds. The molecule has 0 radical (unpaired) electrons. The first-order chi connectivity index (χ1) is 16.1. The Kier molecular flexibility index (Phi) is 4.79. The molecule has 4 aromatic rings. The summed E-state index contributed by atoms with van der Waals surface area (Å²) in [6.45, 7) is 5.66. The topological polar surface area (TPSA) is 93.0 Å². The summed E-state index contributed by atoms with van der Waals surface area (Å²) in [7, 11) is 1.68. The van der Waals surface area contributed by atoms with E-state index in [1.54, 1.807) is 7.11 Å². The zero-order valence-electron chi connectivity index (χ0n) is 19.0. The maximum absolute atomic E-state index is 5.84. The normalized spacial score (nSPS) is 17.0. The second-order valence-corrected chi connectivity index (χ2v) is 8.94. The number of aromatic nitrogens is 6. The maximum atomic E-state index is 5.84. The van der Waals surface area contributed by atoms with E-state index in [1.165, 1.54) is 0 Å². The van der Waals surface area contributed by atoms with E-state index >= 15 is 0 Å². The number of ether oxygens (including phenoxy) is 2. The predicted octanol–water partition coefficient (Wildman–Crippen LogP) is 4.00. The zero-order chi connectivity index (χ0) is 22.5. The lowest BCUT2D eigenvalue weighted by molar-refractivity contribution is 0.0940. The van der Waals surface area contributed by atoms with Gasteiger partial charge in [-0.25, -0.2) is 4.98 Å². The van der Waals surface area contributed by atoms with E-state index in [-0.39, 0.29) is 12.0 Å². The summed E-state index contributed by atoms with van der Waals surface area (Å²) in [5.41, 5.74) is 5.77. The van der Waals surface area contributed by atoms with Crippen LogP contribution in [0.3, 0.4) is 0 Å². The minimum atomic E-state index is 0.180. The minimum Gasteiger partial charge on any atom is -0.497 e. The van der Waals surface area contributed by atoms with Crippen molar-refractivity contribution < 1.29 is 14.0 Å². The summed E-state index contributed by atoms with van der Waals surface area (Å²) in [4.78, 5) is 9.27. The molecule has 3 aromatic heterocycles. The van der Waals surface area contributed by atoms with Gasteiger partial charge in [0.15, 0.2) is 11.5 Å². The highest BCUT2D eigenvalue weighted by Gasteiger charge is 2.28. The van der Waals surface area contributed by atoms with E-state index in [9.17, 15) is 0 Å². The molecule has 1 fully saturated rings. The highest BCUT2D eigenvalue weighted by atomic mass is 16.5. The Morgan fingerprint density at radius 2 is 2.15 bits per heavy atom. The first kappa shape index (κ1) is 20.2. The Bertz CT molecular complexity index is 1310. The molecule has 0 spiro atoms. The fraction of sp³-hybridized carbons (Fsp3) is 0.417. The van der Waals surface area contributed by atoms with E-state index in [2.05, 4.69) is 25.9 Å². The minimum absolute atomic E-state index is 0.180. The summed E-state index contributed by atoms with van der Waals surface area (Å²) in [6.07, 6.45) is 6.99. The van der Waals surface area contributed by atoms with Gasteiger partial charge in [0.1, 0.15) is 12.1 Å².